The molecule has 0 amide bonds. The number of nitrogens with zero attached hydrogens (tertiary/aromatic N) is 1. The third-order valence-corrected chi connectivity index (χ3v) is 2.83. The zero-order chi connectivity index (χ0) is 12.9. The molecule has 0 heterocycles. The van der Waals surface area contributed by atoms with E-state index in [0.717, 1.165) is 12.0 Å². The van der Waals surface area contributed by atoms with Gasteiger partial charge in [0, 0.05) is 19.4 Å². The van der Waals surface area contributed by atoms with Crippen LogP contribution >= 0.6 is 0 Å². The van der Waals surface area contributed by atoms with E-state index >= 15 is 0 Å². The Morgan fingerprint density at radius 1 is 1.59 bits per heavy atom. The Labute approximate surface area is 101 Å². The van der Waals surface area contributed by atoms with Crippen LogP contribution in [0.2, 0.25) is 0 Å². The first-order valence-corrected chi connectivity index (χ1v) is 5.95. The Balaban J connectivity index is 2.30. The van der Waals surface area contributed by atoms with Crippen molar-refractivity contribution in [1.29, 1.82) is 0 Å². The first-order chi connectivity index (χ1) is 7.89. The fraction of sp³-hybridized carbons (Fsp3) is 0.750. The Bertz CT molecular complexity index is 300. The van der Waals surface area contributed by atoms with E-state index in [1.165, 1.54) is 0 Å². The number of rotatable bonds is 4. The normalized spacial score (nSPS) is 24.4. The van der Waals surface area contributed by atoms with Gasteiger partial charge < -0.3 is 11.1 Å². The van der Waals surface area contributed by atoms with Crippen LogP contribution in [0.3, 0.4) is 0 Å². The summed E-state index contributed by atoms with van der Waals surface area (Å²) in [5, 5.41) is 2.90. The van der Waals surface area contributed by atoms with E-state index in [-0.39, 0.29) is 18.8 Å². The Kier molecular flexibility index (Phi) is 4.90. The minimum Gasteiger partial charge on any atom is -0.370 e. The average Bonchev–Trinajstić information content (AvgIpc) is 2.22. The van der Waals surface area contributed by atoms with Crippen LogP contribution in [0, 0.1) is 5.92 Å². The lowest BCUT2D eigenvalue weighted by molar-refractivity contribution is -0.0514. The molecule has 0 bridgehead atoms. The summed E-state index contributed by atoms with van der Waals surface area (Å²) < 4.78 is 26.3. The molecular weight excluding hydrogens is 224 g/mol. The topological polar surface area (TPSA) is 50.4 Å². The summed E-state index contributed by atoms with van der Waals surface area (Å²) >= 11 is 0. The van der Waals surface area contributed by atoms with Gasteiger partial charge in [-0.25, -0.2) is 13.8 Å². The van der Waals surface area contributed by atoms with E-state index in [1.807, 2.05) is 6.92 Å². The predicted octanol–water partition coefficient (Wildman–Crippen LogP) is 2.29. The van der Waals surface area contributed by atoms with Crippen LogP contribution in [-0.2, 0) is 0 Å². The van der Waals surface area contributed by atoms with Crippen LogP contribution in [0.15, 0.2) is 17.1 Å². The van der Waals surface area contributed by atoms with Crippen molar-refractivity contribution in [3.8, 4) is 0 Å². The standard InChI is InChI=1S/C12H21F2N3/c1-9(2)7-16-11(15)17-8-10-4-3-5-12(13,14)6-10/h10H,1,3-8H2,2H3,(H3,15,16,17). The number of hydrogen-bond donors (Lipinski definition) is 2. The van der Waals surface area contributed by atoms with Crippen molar-refractivity contribution in [2.45, 2.75) is 38.5 Å². The fourth-order valence-electron chi connectivity index (χ4n) is 1.98. The molecule has 5 heteroatoms. The van der Waals surface area contributed by atoms with Crippen LogP contribution in [0.25, 0.3) is 0 Å². The van der Waals surface area contributed by atoms with Crippen molar-refractivity contribution in [3.63, 3.8) is 0 Å². The molecule has 1 fully saturated rings. The molecule has 0 radical (unpaired) electrons. The molecule has 0 aromatic rings. The maximum absolute atomic E-state index is 13.1. The number of guanidine groups is 1. The Morgan fingerprint density at radius 2 is 2.29 bits per heavy atom. The van der Waals surface area contributed by atoms with Gasteiger partial charge in [-0.3, -0.25) is 0 Å². The maximum atomic E-state index is 13.1. The van der Waals surface area contributed by atoms with Gasteiger partial charge in [-0.1, -0.05) is 12.2 Å². The lowest BCUT2D eigenvalue weighted by Crippen LogP contribution is -2.38. The SMILES string of the molecule is C=C(C)CN=C(N)NCC1CCCC(F)(F)C1. The fourth-order valence-corrected chi connectivity index (χ4v) is 1.98. The highest BCUT2D eigenvalue weighted by Gasteiger charge is 2.35. The van der Waals surface area contributed by atoms with Gasteiger partial charge in [0.2, 0.25) is 5.92 Å². The van der Waals surface area contributed by atoms with Crippen molar-refractivity contribution in [2.24, 2.45) is 16.6 Å². The average molecular weight is 245 g/mol. The van der Waals surface area contributed by atoms with Crippen LogP contribution in [0.5, 0.6) is 0 Å². The molecule has 1 unspecified atom stereocenters. The lowest BCUT2D eigenvalue weighted by atomic mass is 9.86. The summed E-state index contributed by atoms with van der Waals surface area (Å²) in [7, 11) is 0. The van der Waals surface area contributed by atoms with Crippen LogP contribution in [-0.4, -0.2) is 25.0 Å². The van der Waals surface area contributed by atoms with Crippen molar-refractivity contribution in [3.05, 3.63) is 12.2 Å². The minimum absolute atomic E-state index is 0.0164. The van der Waals surface area contributed by atoms with Crippen molar-refractivity contribution < 1.29 is 8.78 Å². The highest BCUT2D eigenvalue weighted by atomic mass is 19.3. The summed E-state index contributed by atoms with van der Waals surface area (Å²) in [6, 6.07) is 0. The third-order valence-electron chi connectivity index (χ3n) is 2.83. The molecule has 0 aromatic heterocycles. The highest BCUT2D eigenvalue weighted by molar-refractivity contribution is 5.77. The third kappa shape index (κ3) is 5.65. The quantitative estimate of drug-likeness (QED) is 0.453. The molecule has 1 saturated carbocycles. The molecule has 1 aliphatic rings. The second kappa shape index (κ2) is 5.98. The molecular formula is C12H21F2N3. The second-order valence-electron chi connectivity index (χ2n) is 4.86. The van der Waals surface area contributed by atoms with E-state index < -0.39 is 5.92 Å². The monoisotopic (exact) mass is 245 g/mol. The molecule has 1 aliphatic carbocycles. The Morgan fingerprint density at radius 3 is 2.88 bits per heavy atom. The molecule has 0 saturated heterocycles. The van der Waals surface area contributed by atoms with E-state index in [9.17, 15) is 8.78 Å². The number of nitrogens with two attached hydrogens (primary N) is 1. The molecule has 1 rings (SSSR count). The van der Waals surface area contributed by atoms with Gasteiger partial charge in [-0.05, 0) is 25.7 Å². The number of hydrogen-bond acceptors (Lipinski definition) is 1. The van der Waals surface area contributed by atoms with E-state index in [4.69, 9.17) is 5.73 Å². The summed E-state index contributed by atoms with van der Waals surface area (Å²) in [6.07, 6.45) is 1.38. The van der Waals surface area contributed by atoms with Gasteiger partial charge in [0.1, 0.15) is 0 Å². The van der Waals surface area contributed by atoms with Crippen molar-refractivity contribution in [2.75, 3.05) is 13.1 Å². The van der Waals surface area contributed by atoms with Crippen molar-refractivity contribution in [1.82, 2.24) is 5.32 Å². The number of halogens is 2. The summed E-state index contributed by atoms with van der Waals surface area (Å²) in [4.78, 5) is 4.04. The molecule has 98 valence electrons. The second-order valence-corrected chi connectivity index (χ2v) is 4.86. The van der Waals surface area contributed by atoms with Gasteiger partial charge >= 0.3 is 0 Å². The van der Waals surface area contributed by atoms with Gasteiger partial charge in [0.25, 0.3) is 0 Å². The smallest absolute Gasteiger partial charge is 0.248 e. The van der Waals surface area contributed by atoms with Gasteiger partial charge in [0.05, 0.1) is 6.54 Å². The van der Waals surface area contributed by atoms with Gasteiger partial charge in [-0.2, -0.15) is 0 Å². The maximum Gasteiger partial charge on any atom is 0.248 e. The Hall–Kier alpha value is -1.13. The highest BCUT2D eigenvalue weighted by Crippen LogP contribution is 2.36. The molecule has 17 heavy (non-hydrogen) atoms. The molecule has 1 atom stereocenters. The van der Waals surface area contributed by atoms with Crippen LogP contribution in [0.1, 0.15) is 32.6 Å². The van der Waals surface area contributed by atoms with Crippen LogP contribution in [0.4, 0.5) is 8.78 Å². The number of alkyl halides is 2. The molecule has 3 nitrogen and oxygen atoms in total. The minimum atomic E-state index is -2.51. The van der Waals surface area contributed by atoms with Crippen LogP contribution < -0.4 is 11.1 Å². The predicted molar refractivity (Wildman–Crippen MR) is 66.2 cm³/mol. The van der Waals surface area contributed by atoms with E-state index in [2.05, 4.69) is 16.9 Å². The molecule has 0 aromatic carbocycles. The zero-order valence-electron chi connectivity index (χ0n) is 10.3. The number of aliphatic imine (C=N–C) groups is 1. The summed E-state index contributed by atoms with van der Waals surface area (Å²) in [5.41, 5.74) is 6.53. The number of nitrogens with one attached hydrogen (secondary N) is 1. The molecule has 3 N–H and O–H groups in total. The zero-order valence-corrected chi connectivity index (χ0v) is 10.3. The largest absolute Gasteiger partial charge is 0.370 e. The van der Waals surface area contributed by atoms with E-state index in [0.29, 0.717) is 25.5 Å². The molecule has 0 spiro atoms. The first kappa shape index (κ1) is 13.9. The molecule has 0 aliphatic heterocycles. The summed E-state index contributed by atoms with van der Waals surface area (Å²) in [5.74, 6) is -2.21. The van der Waals surface area contributed by atoms with Gasteiger partial charge in [0.15, 0.2) is 5.96 Å². The van der Waals surface area contributed by atoms with E-state index in [1.54, 1.807) is 0 Å². The van der Waals surface area contributed by atoms with Gasteiger partial charge in [-0.15, -0.1) is 0 Å². The van der Waals surface area contributed by atoms with Crippen molar-refractivity contribution >= 4 is 5.96 Å². The lowest BCUT2D eigenvalue weighted by Gasteiger charge is -2.29. The first-order valence-electron chi connectivity index (χ1n) is 5.95. The summed E-state index contributed by atoms with van der Waals surface area (Å²) in [6.45, 7) is 6.51.